The summed E-state index contributed by atoms with van der Waals surface area (Å²) in [6.07, 6.45) is -2.28. The lowest BCUT2D eigenvalue weighted by Gasteiger charge is -2.36. The summed E-state index contributed by atoms with van der Waals surface area (Å²) in [6.45, 7) is 11.4. The molecular weight excluding hydrogens is 531 g/mol. The van der Waals surface area contributed by atoms with Crippen molar-refractivity contribution in [3.05, 3.63) is 47.5 Å². The van der Waals surface area contributed by atoms with Crippen molar-refractivity contribution in [2.75, 3.05) is 14.1 Å². The molecule has 0 saturated carbocycles. The molecule has 0 aromatic heterocycles. The van der Waals surface area contributed by atoms with Gasteiger partial charge in [-0.3, -0.25) is 9.59 Å². The lowest BCUT2D eigenvalue weighted by molar-refractivity contribution is -0.192. The standard InChI is InChI=1S/C26H41N3O4.C2HF3O2/c1-9-13-20(24(31)29(8)21(17(2)3)16-18(4)25(32)33)28-23(30)22(27-7)26(5,6)19-14-11-10-12-15-19;3-2(4,5)1(6)7/h10-12,14-17,20-22,27H,9,13H2,1-8H3,(H,28,30)(H,32,33);(H,6,7)/b18-16+;/t20-,21+,22+;/m0./s1. The van der Waals surface area contributed by atoms with Gasteiger partial charge in [0.25, 0.3) is 0 Å². The van der Waals surface area contributed by atoms with Crippen LogP contribution in [0, 0.1) is 5.92 Å². The molecule has 40 heavy (non-hydrogen) atoms. The molecular formula is C28H42F3N3O6. The molecule has 0 unspecified atom stereocenters. The Morgan fingerprint density at radius 1 is 1.05 bits per heavy atom. The Morgan fingerprint density at radius 2 is 1.55 bits per heavy atom. The van der Waals surface area contributed by atoms with Gasteiger partial charge in [-0.1, -0.05) is 77.4 Å². The van der Waals surface area contributed by atoms with E-state index in [0.717, 1.165) is 5.56 Å². The number of alkyl halides is 3. The molecule has 1 rings (SSSR count). The molecule has 4 N–H and O–H groups in total. The SMILES string of the molecule is CCC[C@H](NC(=O)[C@@H](NC)C(C)(C)c1ccccc1)C(=O)N(C)[C@H](/C=C(\C)C(=O)O)C(C)C.O=C(O)C(F)(F)F. The topological polar surface area (TPSA) is 136 Å². The van der Waals surface area contributed by atoms with Crippen LogP contribution in [0.3, 0.4) is 0 Å². The first-order valence-corrected chi connectivity index (χ1v) is 12.8. The molecule has 12 heteroatoms. The van der Waals surface area contributed by atoms with Crippen LogP contribution < -0.4 is 10.6 Å². The van der Waals surface area contributed by atoms with Crippen molar-refractivity contribution in [3.63, 3.8) is 0 Å². The van der Waals surface area contributed by atoms with Crippen LogP contribution in [0.1, 0.15) is 59.9 Å². The van der Waals surface area contributed by atoms with E-state index >= 15 is 0 Å². The smallest absolute Gasteiger partial charge is 0.478 e. The van der Waals surface area contributed by atoms with Gasteiger partial charge in [0, 0.05) is 18.0 Å². The van der Waals surface area contributed by atoms with Gasteiger partial charge in [0.1, 0.15) is 6.04 Å². The summed E-state index contributed by atoms with van der Waals surface area (Å²) in [5.74, 6) is -4.24. The number of rotatable bonds is 12. The highest BCUT2D eigenvalue weighted by atomic mass is 19.4. The highest BCUT2D eigenvalue weighted by Gasteiger charge is 2.39. The van der Waals surface area contributed by atoms with Crippen molar-refractivity contribution in [3.8, 4) is 0 Å². The van der Waals surface area contributed by atoms with E-state index in [1.165, 1.54) is 6.92 Å². The summed E-state index contributed by atoms with van der Waals surface area (Å²) in [5.41, 5.74) is 0.696. The summed E-state index contributed by atoms with van der Waals surface area (Å²) >= 11 is 0. The summed E-state index contributed by atoms with van der Waals surface area (Å²) in [5, 5.41) is 22.5. The number of likely N-dealkylation sites (N-methyl/N-ethyl adjacent to an activating group) is 2. The summed E-state index contributed by atoms with van der Waals surface area (Å²) < 4.78 is 31.7. The van der Waals surface area contributed by atoms with Crippen molar-refractivity contribution in [1.82, 2.24) is 15.5 Å². The maximum atomic E-state index is 13.4. The van der Waals surface area contributed by atoms with E-state index in [2.05, 4.69) is 10.6 Å². The molecule has 3 atom stereocenters. The van der Waals surface area contributed by atoms with Crippen LogP contribution >= 0.6 is 0 Å². The number of halogens is 3. The van der Waals surface area contributed by atoms with E-state index < -0.39 is 41.7 Å². The average molecular weight is 574 g/mol. The first-order valence-electron chi connectivity index (χ1n) is 12.8. The van der Waals surface area contributed by atoms with Crippen molar-refractivity contribution in [2.45, 2.75) is 84.1 Å². The lowest BCUT2D eigenvalue weighted by Crippen LogP contribution is -2.58. The van der Waals surface area contributed by atoms with Gasteiger partial charge in [-0.2, -0.15) is 13.2 Å². The Labute approximate surface area is 233 Å². The Balaban J connectivity index is 0.00000191. The number of amides is 2. The third-order valence-corrected chi connectivity index (χ3v) is 6.46. The molecule has 1 aromatic carbocycles. The maximum absolute atomic E-state index is 13.4. The van der Waals surface area contributed by atoms with Crippen LogP contribution in [0.5, 0.6) is 0 Å². The minimum Gasteiger partial charge on any atom is -0.478 e. The number of carboxylic acids is 2. The number of nitrogens with zero attached hydrogens (tertiary/aromatic N) is 1. The zero-order valence-corrected chi connectivity index (χ0v) is 24.3. The number of hydrogen-bond acceptors (Lipinski definition) is 5. The molecule has 2 amide bonds. The van der Waals surface area contributed by atoms with E-state index in [1.54, 1.807) is 25.1 Å². The van der Waals surface area contributed by atoms with Crippen molar-refractivity contribution in [2.24, 2.45) is 5.92 Å². The van der Waals surface area contributed by atoms with Gasteiger partial charge in [0.05, 0.1) is 12.1 Å². The van der Waals surface area contributed by atoms with Crippen LogP contribution in [0.15, 0.2) is 42.0 Å². The van der Waals surface area contributed by atoms with Crippen LogP contribution in [-0.4, -0.2) is 77.3 Å². The van der Waals surface area contributed by atoms with Gasteiger partial charge >= 0.3 is 18.1 Å². The van der Waals surface area contributed by atoms with Gasteiger partial charge in [0.15, 0.2) is 0 Å². The van der Waals surface area contributed by atoms with Crippen LogP contribution in [0.2, 0.25) is 0 Å². The van der Waals surface area contributed by atoms with Crippen LogP contribution in [0.4, 0.5) is 13.2 Å². The van der Waals surface area contributed by atoms with Crippen LogP contribution in [-0.2, 0) is 24.6 Å². The number of carbonyl (C=O) groups excluding carboxylic acids is 2. The lowest BCUT2D eigenvalue weighted by atomic mass is 9.77. The summed E-state index contributed by atoms with van der Waals surface area (Å²) in [7, 11) is 3.41. The molecule has 0 heterocycles. The molecule has 226 valence electrons. The second-order valence-corrected chi connectivity index (χ2v) is 10.3. The minimum absolute atomic E-state index is 0.00768. The van der Waals surface area contributed by atoms with Gasteiger partial charge < -0.3 is 25.7 Å². The van der Waals surface area contributed by atoms with Crippen molar-refractivity contribution < 1.29 is 42.6 Å². The Morgan fingerprint density at radius 3 is 1.93 bits per heavy atom. The predicted octanol–water partition coefficient (Wildman–Crippen LogP) is 3.98. The second-order valence-electron chi connectivity index (χ2n) is 10.3. The monoisotopic (exact) mass is 573 g/mol. The molecule has 0 fully saturated rings. The number of carboxylic acid groups (broad SMARTS) is 2. The zero-order valence-electron chi connectivity index (χ0n) is 24.3. The fraction of sp³-hybridized carbons (Fsp3) is 0.571. The minimum atomic E-state index is -5.08. The number of hydrogen-bond donors (Lipinski definition) is 4. The molecule has 0 aliphatic carbocycles. The van der Waals surface area contributed by atoms with Gasteiger partial charge in [-0.25, -0.2) is 9.59 Å². The van der Waals surface area contributed by atoms with Gasteiger partial charge in [-0.15, -0.1) is 0 Å². The van der Waals surface area contributed by atoms with E-state index in [9.17, 15) is 32.7 Å². The largest absolute Gasteiger partial charge is 0.490 e. The van der Waals surface area contributed by atoms with Gasteiger partial charge in [-0.05, 0) is 31.9 Å². The maximum Gasteiger partial charge on any atom is 0.490 e. The molecule has 0 radical (unpaired) electrons. The Kier molecular flexibility index (Phi) is 14.6. The molecule has 0 spiro atoms. The number of carbonyl (C=O) groups is 4. The quantitative estimate of drug-likeness (QED) is 0.278. The third kappa shape index (κ3) is 11.0. The van der Waals surface area contributed by atoms with E-state index in [4.69, 9.17) is 9.90 Å². The number of aliphatic carboxylic acids is 2. The van der Waals surface area contributed by atoms with Crippen LogP contribution in [0.25, 0.3) is 0 Å². The van der Waals surface area contributed by atoms with E-state index in [1.807, 2.05) is 65.0 Å². The summed E-state index contributed by atoms with van der Waals surface area (Å²) in [6, 6.07) is 8.16. The normalized spacial score (nSPS) is 14.3. The molecule has 0 aliphatic rings. The zero-order chi connectivity index (χ0) is 31.4. The van der Waals surface area contributed by atoms with Crippen molar-refractivity contribution >= 4 is 23.8 Å². The van der Waals surface area contributed by atoms with E-state index in [-0.39, 0.29) is 23.3 Å². The van der Waals surface area contributed by atoms with E-state index in [0.29, 0.717) is 12.8 Å². The first kappa shape index (κ1) is 36.6. The average Bonchev–Trinajstić information content (AvgIpc) is 2.86. The van der Waals surface area contributed by atoms with Gasteiger partial charge in [0.2, 0.25) is 11.8 Å². The third-order valence-electron chi connectivity index (χ3n) is 6.46. The predicted molar refractivity (Wildman–Crippen MR) is 146 cm³/mol. The molecule has 0 bridgehead atoms. The second kappa shape index (κ2) is 16.0. The highest BCUT2D eigenvalue weighted by molar-refractivity contribution is 5.91. The molecule has 0 aliphatic heterocycles. The Hall–Kier alpha value is -3.41. The first-order chi connectivity index (χ1) is 18.3. The molecule has 9 nitrogen and oxygen atoms in total. The fourth-order valence-electron chi connectivity index (χ4n) is 4.13. The molecule has 1 aromatic rings. The summed E-state index contributed by atoms with van der Waals surface area (Å²) in [4.78, 5) is 48.5. The number of nitrogens with one attached hydrogen (secondary N) is 2. The molecule has 0 saturated heterocycles. The van der Waals surface area contributed by atoms with Crippen molar-refractivity contribution in [1.29, 1.82) is 0 Å². The fourth-order valence-corrected chi connectivity index (χ4v) is 4.13. The number of benzene rings is 1. The Bertz CT molecular complexity index is 1030. The highest BCUT2D eigenvalue weighted by Crippen LogP contribution is 2.27.